The molecule has 2 amide bonds. The molecule has 23 heavy (non-hydrogen) atoms. The van der Waals surface area contributed by atoms with Crippen LogP contribution in [0, 0.1) is 19.8 Å². The van der Waals surface area contributed by atoms with Crippen LogP contribution in [0.3, 0.4) is 0 Å². The van der Waals surface area contributed by atoms with Crippen molar-refractivity contribution >= 4 is 11.8 Å². The van der Waals surface area contributed by atoms with Gasteiger partial charge in [-0.25, -0.2) is 0 Å². The zero-order chi connectivity index (χ0) is 16.4. The Hall–Kier alpha value is -1.78. The maximum absolute atomic E-state index is 12.3. The average molecular weight is 318 g/mol. The van der Waals surface area contributed by atoms with Crippen LogP contribution in [0.5, 0.6) is 0 Å². The third-order valence-electron chi connectivity index (χ3n) is 4.82. The molecule has 0 spiro atoms. The summed E-state index contributed by atoms with van der Waals surface area (Å²) in [5, 5.41) is 6.00. The molecule has 0 unspecified atom stereocenters. The molecule has 0 saturated heterocycles. The lowest BCUT2D eigenvalue weighted by molar-refractivity contribution is -0.121. The lowest BCUT2D eigenvalue weighted by Crippen LogP contribution is -2.45. The fourth-order valence-corrected chi connectivity index (χ4v) is 2.98. The van der Waals surface area contributed by atoms with E-state index in [4.69, 9.17) is 4.42 Å². The lowest BCUT2D eigenvalue weighted by Gasteiger charge is -2.17. The van der Waals surface area contributed by atoms with Crippen LogP contribution >= 0.6 is 0 Å². The van der Waals surface area contributed by atoms with E-state index in [2.05, 4.69) is 10.6 Å². The van der Waals surface area contributed by atoms with Crippen molar-refractivity contribution in [3.8, 4) is 0 Å². The molecule has 0 aromatic carbocycles. The molecule has 1 aromatic rings. The maximum atomic E-state index is 12.3. The van der Waals surface area contributed by atoms with Crippen LogP contribution in [0.4, 0.5) is 0 Å². The van der Waals surface area contributed by atoms with Gasteiger partial charge in [0, 0.05) is 18.5 Å². The van der Waals surface area contributed by atoms with Gasteiger partial charge in [-0.1, -0.05) is 12.8 Å². The normalized spacial score (nSPS) is 18.5. The number of hydrogen-bond donors (Lipinski definition) is 2. The number of aryl methyl sites for hydroxylation is 2. The second-order valence-electron chi connectivity index (χ2n) is 7.22. The molecule has 2 aliphatic rings. The third-order valence-corrected chi connectivity index (χ3v) is 4.82. The Morgan fingerprint density at radius 1 is 1.30 bits per heavy atom. The number of nitrogens with one attached hydrogen (secondary N) is 2. The summed E-state index contributed by atoms with van der Waals surface area (Å²) in [4.78, 5) is 24.2. The first-order valence-electron chi connectivity index (χ1n) is 8.64. The lowest BCUT2D eigenvalue weighted by atomic mass is 10.1. The molecule has 3 rings (SSSR count). The standard InChI is InChI=1S/C18H26N2O3/c1-12-10-13(2)23-16(12)17(22)20-18(8-9-18)11-19-15(21)5-3-4-14-6-7-14/h10,14H,3-9,11H2,1-2H3,(H,19,21)(H,20,22). The Morgan fingerprint density at radius 2 is 2.04 bits per heavy atom. The van der Waals surface area contributed by atoms with E-state index in [9.17, 15) is 9.59 Å². The second kappa shape index (κ2) is 6.38. The molecule has 0 bridgehead atoms. The molecule has 2 aliphatic carbocycles. The highest BCUT2D eigenvalue weighted by Crippen LogP contribution is 2.35. The molecule has 1 aromatic heterocycles. The summed E-state index contributed by atoms with van der Waals surface area (Å²) in [6.45, 7) is 4.21. The summed E-state index contributed by atoms with van der Waals surface area (Å²) in [5.74, 6) is 1.90. The van der Waals surface area contributed by atoms with Crippen molar-refractivity contribution in [2.75, 3.05) is 6.54 Å². The van der Waals surface area contributed by atoms with Gasteiger partial charge in [0.25, 0.3) is 5.91 Å². The van der Waals surface area contributed by atoms with E-state index in [-0.39, 0.29) is 17.4 Å². The minimum Gasteiger partial charge on any atom is -0.456 e. The Morgan fingerprint density at radius 3 is 2.61 bits per heavy atom. The maximum Gasteiger partial charge on any atom is 0.287 e. The van der Waals surface area contributed by atoms with E-state index in [1.54, 1.807) is 0 Å². The summed E-state index contributed by atoms with van der Waals surface area (Å²) >= 11 is 0. The summed E-state index contributed by atoms with van der Waals surface area (Å²) in [7, 11) is 0. The van der Waals surface area contributed by atoms with E-state index in [0.717, 1.165) is 36.5 Å². The van der Waals surface area contributed by atoms with Crippen molar-refractivity contribution in [1.29, 1.82) is 0 Å². The quantitative estimate of drug-likeness (QED) is 0.774. The Labute approximate surface area is 137 Å². The largest absolute Gasteiger partial charge is 0.456 e. The monoisotopic (exact) mass is 318 g/mol. The van der Waals surface area contributed by atoms with Crippen LogP contribution in [-0.2, 0) is 4.79 Å². The van der Waals surface area contributed by atoms with Gasteiger partial charge in [0.2, 0.25) is 5.91 Å². The van der Waals surface area contributed by atoms with Crippen LogP contribution in [0.1, 0.15) is 66.8 Å². The van der Waals surface area contributed by atoms with Gasteiger partial charge in [-0.3, -0.25) is 9.59 Å². The molecule has 2 N–H and O–H groups in total. The zero-order valence-corrected chi connectivity index (χ0v) is 14.0. The number of carbonyl (C=O) groups is 2. The molecule has 0 atom stereocenters. The molecule has 2 fully saturated rings. The van der Waals surface area contributed by atoms with Crippen LogP contribution in [0.15, 0.2) is 10.5 Å². The average Bonchev–Trinajstić information content (AvgIpc) is 3.40. The van der Waals surface area contributed by atoms with Crippen molar-refractivity contribution in [2.24, 2.45) is 5.92 Å². The Bertz CT molecular complexity index is 597. The van der Waals surface area contributed by atoms with Gasteiger partial charge >= 0.3 is 0 Å². The van der Waals surface area contributed by atoms with E-state index >= 15 is 0 Å². The predicted octanol–water partition coefficient (Wildman–Crippen LogP) is 2.86. The van der Waals surface area contributed by atoms with Crippen molar-refractivity contribution in [2.45, 2.75) is 64.3 Å². The van der Waals surface area contributed by atoms with Crippen molar-refractivity contribution in [3.05, 3.63) is 23.2 Å². The molecule has 5 nitrogen and oxygen atoms in total. The predicted molar refractivity (Wildman–Crippen MR) is 87.2 cm³/mol. The first-order chi connectivity index (χ1) is 11.0. The summed E-state index contributed by atoms with van der Waals surface area (Å²) in [6.07, 6.45) is 7.22. The topological polar surface area (TPSA) is 71.3 Å². The zero-order valence-electron chi connectivity index (χ0n) is 14.0. The van der Waals surface area contributed by atoms with Gasteiger partial charge < -0.3 is 15.1 Å². The molecule has 2 saturated carbocycles. The number of rotatable bonds is 8. The Kier molecular flexibility index (Phi) is 4.46. The van der Waals surface area contributed by atoms with Gasteiger partial charge in [-0.2, -0.15) is 0 Å². The summed E-state index contributed by atoms with van der Waals surface area (Å²) < 4.78 is 5.46. The fourth-order valence-electron chi connectivity index (χ4n) is 2.98. The smallest absolute Gasteiger partial charge is 0.287 e. The minimum atomic E-state index is -0.281. The van der Waals surface area contributed by atoms with Gasteiger partial charge in [-0.15, -0.1) is 0 Å². The van der Waals surface area contributed by atoms with Crippen LogP contribution < -0.4 is 10.6 Å². The number of amides is 2. The number of hydrogen-bond acceptors (Lipinski definition) is 3. The van der Waals surface area contributed by atoms with E-state index in [0.29, 0.717) is 18.7 Å². The molecule has 0 radical (unpaired) electrons. The number of carbonyl (C=O) groups excluding carboxylic acids is 2. The second-order valence-corrected chi connectivity index (χ2v) is 7.22. The highest BCUT2D eigenvalue weighted by molar-refractivity contribution is 5.93. The molecule has 126 valence electrons. The van der Waals surface area contributed by atoms with E-state index < -0.39 is 0 Å². The van der Waals surface area contributed by atoms with Gasteiger partial charge in [0.15, 0.2) is 5.76 Å². The van der Waals surface area contributed by atoms with E-state index in [1.807, 2.05) is 19.9 Å². The molecular weight excluding hydrogens is 292 g/mol. The van der Waals surface area contributed by atoms with E-state index in [1.165, 1.54) is 19.3 Å². The van der Waals surface area contributed by atoms with Gasteiger partial charge in [0.1, 0.15) is 5.76 Å². The molecule has 1 heterocycles. The first-order valence-corrected chi connectivity index (χ1v) is 8.64. The SMILES string of the molecule is Cc1cc(C)c(C(=O)NC2(CNC(=O)CCCC3CC3)CC2)o1. The van der Waals surface area contributed by atoms with Crippen molar-refractivity contribution < 1.29 is 14.0 Å². The first kappa shape index (κ1) is 16.1. The van der Waals surface area contributed by atoms with Crippen LogP contribution in [0.2, 0.25) is 0 Å². The van der Waals surface area contributed by atoms with Gasteiger partial charge in [0.05, 0.1) is 5.54 Å². The summed E-state index contributed by atoms with van der Waals surface area (Å²) in [6, 6.07) is 1.86. The minimum absolute atomic E-state index is 0.0937. The van der Waals surface area contributed by atoms with Crippen LogP contribution in [-0.4, -0.2) is 23.9 Å². The highest BCUT2D eigenvalue weighted by atomic mass is 16.3. The van der Waals surface area contributed by atoms with Crippen molar-refractivity contribution in [1.82, 2.24) is 10.6 Å². The van der Waals surface area contributed by atoms with Crippen LogP contribution in [0.25, 0.3) is 0 Å². The molecule has 5 heteroatoms. The Balaban J connectivity index is 1.43. The molecular formula is C18H26N2O3. The fraction of sp³-hybridized carbons (Fsp3) is 0.667. The summed E-state index contributed by atoms with van der Waals surface area (Å²) in [5.41, 5.74) is 0.566. The molecule has 0 aliphatic heterocycles. The number of furan rings is 1. The van der Waals surface area contributed by atoms with Crippen molar-refractivity contribution in [3.63, 3.8) is 0 Å². The highest BCUT2D eigenvalue weighted by Gasteiger charge is 2.44. The van der Waals surface area contributed by atoms with Gasteiger partial charge in [-0.05, 0) is 51.5 Å². The third kappa shape index (κ3) is 4.36.